The Morgan fingerprint density at radius 2 is 1.85 bits per heavy atom. The van der Waals surface area contributed by atoms with E-state index in [0.29, 0.717) is 0 Å². The molecule has 1 rings (SSSR count). The highest BCUT2D eigenvalue weighted by molar-refractivity contribution is 7.85. The van der Waals surface area contributed by atoms with Crippen molar-refractivity contribution in [3.63, 3.8) is 0 Å². The van der Waals surface area contributed by atoms with Crippen molar-refractivity contribution in [1.29, 1.82) is 0 Å². The number of carbonyl (C=O) groups is 1. The van der Waals surface area contributed by atoms with Gasteiger partial charge < -0.3 is 9.73 Å². The molecular formula is C13H21NO5S. The molecule has 0 fully saturated rings. The number of nitrogens with one attached hydrogen (secondary N) is 1. The molecule has 0 atom stereocenters. The molecule has 0 bridgehead atoms. The van der Waals surface area contributed by atoms with Gasteiger partial charge in [-0.05, 0) is 25.7 Å². The lowest BCUT2D eigenvalue weighted by Gasteiger charge is -2.33. The molecule has 114 valence electrons. The quantitative estimate of drug-likeness (QED) is 0.833. The zero-order valence-electron chi connectivity index (χ0n) is 12.4. The third kappa shape index (κ3) is 4.97. The van der Waals surface area contributed by atoms with Gasteiger partial charge in [-0.2, -0.15) is 8.42 Å². The van der Waals surface area contributed by atoms with Crippen molar-refractivity contribution in [2.24, 2.45) is 5.41 Å². The lowest BCUT2D eigenvalue weighted by molar-refractivity contribution is 0.0891. The molecule has 7 heteroatoms. The Hall–Kier alpha value is -1.34. The van der Waals surface area contributed by atoms with Gasteiger partial charge in [0.05, 0.1) is 5.56 Å². The first kappa shape index (κ1) is 16.7. The molecule has 0 aliphatic carbocycles. The van der Waals surface area contributed by atoms with Gasteiger partial charge in [0.2, 0.25) is 5.09 Å². The van der Waals surface area contributed by atoms with Crippen LogP contribution in [0.25, 0.3) is 0 Å². The van der Waals surface area contributed by atoms with Crippen LogP contribution in [0.2, 0.25) is 0 Å². The van der Waals surface area contributed by atoms with Crippen LogP contribution in [0.1, 0.15) is 51.4 Å². The summed E-state index contributed by atoms with van der Waals surface area (Å²) in [6.45, 7) is 9.97. The normalized spacial score (nSPS) is 13.3. The van der Waals surface area contributed by atoms with E-state index in [1.165, 1.54) is 0 Å². The SMILES string of the molecule is CC(C)(C)CC(C)(C)NC(=O)c1coc(S(=O)(=O)O)c1. The summed E-state index contributed by atoms with van der Waals surface area (Å²) in [6, 6.07) is 0.998. The fraction of sp³-hybridized carbons (Fsp3) is 0.615. The van der Waals surface area contributed by atoms with E-state index in [4.69, 9.17) is 4.55 Å². The molecule has 0 aromatic carbocycles. The van der Waals surface area contributed by atoms with E-state index in [1.54, 1.807) is 0 Å². The van der Waals surface area contributed by atoms with Crippen molar-refractivity contribution in [3.8, 4) is 0 Å². The van der Waals surface area contributed by atoms with Crippen LogP contribution in [-0.4, -0.2) is 24.4 Å². The van der Waals surface area contributed by atoms with Gasteiger partial charge >= 0.3 is 10.1 Å². The maximum Gasteiger partial charge on any atom is 0.328 e. The summed E-state index contributed by atoms with van der Waals surface area (Å²) >= 11 is 0. The van der Waals surface area contributed by atoms with Gasteiger partial charge in [-0.15, -0.1) is 0 Å². The fourth-order valence-corrected chi connectivity index (χ4v) is 2.77. The van der Waals surface area contributed by atoms with Crippen molar-refractivity contribution in [2.75, 3.05) is 0 Å². The maximum absolute atomic E-state index is 12.0. The van der Waals surface area contributed by atoms with Crippen molar-refractivity contribution >= 4 is 16.0 Å². The van der Waals surface area contributed by atoms with Gasteiger partial charge in [-0.3, -0.25) is 9.35 Å². The molecule has 20 heavy (non-hydrogen) atoms. The average molecular weight is 303 g/mol. The van der Waals surface area contributed by atoms with E-state index in [2.05, 4.69) is 30.5 Å². The average Bonchev–Trinajstić information content (AvgIpc) is 2.59. The van der Waals surface area contributed by atoms with Crippen LogP contribution in [0, 0.1) is 5.41 Å². The Kier molecular flexibility index (Phi) is 4.36. The Labute approximate surface area is 119 Å². The van der Waals surface area contributed by atoms with Gasteiger partial charge in [0.15, 0.2) is 0 Å². The molecule has 0 saturated carbocycles. The summed E-state index contributed by atoms with van der Waals surface area (Å²) in [4.78, 5) is 12.0. The van der Waals surface area contributed by atoms with Gasteiger partial charge in [-0.1, -0.05) is 20.8 Å². The van der Waals surface area contributed by atoms with Crippen LogP contribution in [0.3, 0.4) is 0 Å². The molecule has 6 nitrogen and oxygen atoms in total. The molecular weight excluding hydrogens is 282 g/mol. The standard InChI is InChI=1S/C13H21NO5S/c1-12(2,3)8-13(4,5)14-11(15)9-6-10(19-7-9)20(16,17)18/h6-7H,8H2,1-5H3,(H,14,15)(H,16,17,18). The highest BCUT2D eigenvalue weighted by atomic mass is 32.2. The molecule has 0 aliphatic heterocycles. The molecule has 0 spiro atoms. The number of hydrogen-bond donors (Lipinski definition) is 2. The molecule has 0 unspecified atom stereocenters. The van der Waals surface area contributed by atoms with E-state index in [1.807, 2.05) is 13.8 Å². The van der Waals surface area contributed by atoms with Gasteiger partial charge in [0, 0.05) is 11.6 Å². The van der Waals surface area contributed by atoms with Crippen LogP contribution in [0.5, 0.6) is 0 Å². The Morgan fingerprint density at radius 3 is 2.25 bits per heavy atom. The van der Waals surface area contributed by atoms with Gasteiger partial charge in [0.25, 0.3) is 5.91 Å². The molecule has 0 aliphatic rings. The third-order valence-electron chi connectivity index (χ3n) is 2.52. The highest BCUT2D eigenvalue weighted by Gasteiger charge is 2.28. The summed E-state index contributed by atoms with van der Waals surface area (Å²) < 4.78 is 35.2. The van der Waals surface area contributed by atoms with Gasteiger partial charge in [-0.25, -0.2) is 0 Å². The molecule has 1 aromatic heterocycles. The largest absolute Gasteiger partial charge is 0.450 e. The number of rotatable bonds is 4. The lowest BCUT2D eigenvalue weighted by Crippen LogP contribution is -2.45. The van der Waals surface area contributed by atoms with Crippen LogP contribution in [-0.2, 0) is 10.1 Å². The molecule has 1 amide bonds. The minimum Gasteiger partial charge on any atom is -0.450 e. The summed E-state index contributed by atoms with van der Waals surface area (Å²) in [5, 5.41) is 2.18. The van der Waals surface area contributed by atoms with Crippen LogP contribution < -0.4 is 5.32 Å². The van der Waals surface area contributed by atoms with E-state index in [-0.39, 0.29) is 11.0 Å². The molecule has 1 aromatic rings. The number of carbonyl (C=O) groups excluding carboxylic acids is 1. The van der Waals surface area contributed by atoms with Crippen molar-refractivity contribution in [2.45, 2.75) is 51.7 Å². The molecule has 2 N–H and O–H groups in total. The molecule has 1 heterocycles. The topological polar surface area (TPSA) is 96.6 Å². The van der Waals surface area contributed by atoms with Crippen LogP contribution in [0.4, 0.5) is 0 Å². The lowest BCUT2D eigenvalue weighted by atomic mass is 9.81. The second-order valence-electron chi connectivity index (χ2n) is 6.70. The monoisotopic (exact) mass is 303 g/mol. The second kappa shape index (κ2) is 5.21. The minimum absolute atomic E-state index is 0.0345. The summed E-state index contributed by atoms with van der Waals surface area (Å²) in [7, 11) is -4.43. The second-order valence-corrected chi connectivity index (χ2v) is 8.06. The summed E-state index contributed by atoms with van der Waals surface area (Å²) in [5.74, 6) is -0.446. The predicted molar refractivity (Wildman–Crippen MR) is 74.1 cm³/mol. The summed E-state index contributed by atoms with van der Waals surface area (Å²) in [6.07, 6.45) is 1.75. The smallest absolute Gasteiger partial charge is 0.328 e. The number of hydrogen-bond acceptors (Lipinski definition) is 4. The van der Waals surface area contributed by atoms with E-state index in [9.17, 15) is 13.2 Å². The molecule has 0 radical (unpaired) electrons. The van der Waals surface area contributed by atoms with E-state index >= 15 is 0 Å². The minimum atomic E-state index is -4.43. The number of amides is 1. The van der Waals surface area contributed by atoms with Crippen molar-refractivity contribution in [3.05, 3.63) is 17.9 Å². The van der Waals surface area contributed by atoms with Gasteiger partial charge in [0.1, 0.15) is 6.26 Å². The van der Waals surface area contributed by atoms with Crippen LogP contribution >= 0.6 is 0 Å². The zero-order chi connectivity index (χ0) is 15.8. The zero-order valence-corrected chi connectivity index (χ0v) is 13.2. The maximum atomic E-state index is 12.0. The first-order valence-corrected chi connectivity index (χ1v) is 7.63. The van der Waals surface area contributed by atoms with E-state index in [0.717, 1.165) is 18.8 Å². The van der Waals surface area contributed by atoms with Crippen LogP contribution in [0.15, 0.2) is 21.8 Å². The van der Waals surface area contributed by atoms with Crippen molar-refractivity contribution < 1.29 is 22.2 Å². The predicted octanol–water partition coefficient (Wildman–Crippen LogP) is 2.47. The molecule has 0 saturated heterocycles. The first-order valence-electron chi connectivity index (χ1n) is 6.19. The summed E-state index contributed by atoms with van der Waals surface area (Å²) in [5.41, 5.74) is -0.364. The fourth-order valence-electron chi connectivity index (χ4n) is 2.32. The Morgan fingerprint density at radius 1 is 1.30 bits per heavy atom. The Bertz CT molecular complexity index is 593. The third-order valence-corrected chi connectivity index (χ3v) is 3.24. The highest BCUT2D eigenvalue weighted by Crippen LogP contribution is 2.27. The van der Waals surface area contributed by atoms with E-state index < -0.39 is 26.7 Å². The van der Waals surface area contributed by atoms with Crippen molar-refractivity contribution in [1.82, 2.24) is 5.32 Å². The Balaban J connectivity index is 2.84. The number of furan rings is 1. The first-order chi connectivity index (χ1) is 8.80.